The first kappa shape index (κ1) is 15.9. The van der Waals surface area contributed by atoms with Crippen LogP contribution in [-0.2, 0) is 16.6 Å². The minimum absolute atomic E-state index is 0.0564. The summed E-state index contributed by atoms with van der Waals surface area (Å²) in [5.41, 5.74) is 5.56. The minimum atomic E-state index is -3.91. The van der Waals surface area contributed by atoms with Crippen LogP contribution in [0.15, 0.2) is 45.8 Å². The van der Waals surface area contributed by atoms with Gasteiger partial charge in [0.2, 0.25) is 10.0 Å². The van der Waals surface area contributed by atoms with E-state index in [-0.39, 0.29) is 21.6 Å². The van der Waals surface area contributed by atoms with E-state index in [0.29, 0.717) is 5.56 Å². The SMILES string of the molecule is Nc1cc(S(=O)(=O)NCc2cccc(F)c2)c(Br)cc1F. The van der Waals surface area contributed by atoms with Crippen LogP contribution in [0.4, 0.5) is 14.5 Å². The number of benzene rings is 2. The van der Waals surface area contributed by atoms with E-state index in [4.69, 9.17) is 5.73 Å². The third kappa shape index (κ3) is 3.78. The molecule has 112 valence electrons. The van der Waals surface area contributed by atoms with Crippen molar-refractivity contribution in [1.82, 2.24) is 4.72 Å². The molecule has 2 rings (SSSR count). The van der Waals surface area contributed by atoms with Crippen molar-refractivity contribution in [2.45, 2.75) is 11.4 Å². The molecule has 0 amide bonds. The van der Waals surface area contributed by atoms with Crippen molar-refractivity contribution in [1.29, 1.82) is 0 Å². The molecule has 0 aromatic heterocycles. The highest BCUT2D eigenvalue weighted by Gasteiger charge is 2.19. The van der Waals surface area contributed by atoms with Gasteiger partial charge in [-0.15, -0.1) is 0 Å². The largest absolute Gasteiger partial charge is 0.396 e. The van der Waals surface area contributed by atoms with Crippen LogP contribution in [0.1, 0.15) is 5.56 Å². The Morgan fingerprint density at radius 2 is 1.90 bits per heavy atom. The zero-order valence-corrected chi connectivity index (χ0v) is 13.0. The fraction of sp³-hybridized carbons (Fsp3) is 0.0769. The van der Waals surface area contributed by atoms with Crippen molar-refractivity contribution < 1.29 is 17.2 Å². The highest BCUT2D eigenvalue weighted by molar-refractivity contribution is 9.10. The Kier molecular flexibility index (Phi) is 4.60. The second-order valence-corrected chi connectivity index (χ2v) is 6.85. The first-order valence-corrected chi connectivity index (χ1v) is 8.06. The van der Waals surface area contributed by atoms with Gasteiger partial charge in [-0.25, -0.2) is 21.9 Å². The molecule has 0 saturated heterocycles. The molecule has 3 N–H and O–H groups in total. The number of hydrogen-bond acceptors (Lipinski definition) is 3. The molecule has 21 heavy (non-hydrogen) atoms. The van der Waals surface area contributed by atoms with Gasteiger partial charge in [0.05, 0.1) is 10.6 Å². The highest BCUT2D eigenvalue weighted by Crippen LogP contribution is 2.26. The van der Waals surface area contributed by atoms with Crippen LogP contribution < -0.4 is 10.5 Å². The van der Waals surface area contributed by atoms with E-state index >= 15 is 0 Å². The third-order valence-electron chi connectivity index (χ3n) is 2.70. The van der Waals surface area contributed by atoms with E-state index in [2.05, 4.69) is 20.7 Å². The molecule has 0 aliphatic heterocycles. The number of sulfonamides is 1. The van der Waals surface area contributed by atoms with Crippen LogP contribution in [0.3, 0.4) is 0 Å². The van der Waals surface area contributed by atoms with Gasteiger partial charge in [0.1, 0.15) is 11.6 Å². The maximum Gasteiger partial charge on any atom is 0.242 e. The quantitative estimate of drug-likeness (QED) is 0.805. The molecule has 0 unspecified atom stereocenters. The Morgan fingerprint density at radius 1 is 1.19 bits per heavy atom. The number of nitrogens with two attached hydrogens (primary N) is 1. The standard InChI is InChI=1S/C13H11BrF2N2O2S/c14-10-5-11(16)12(17)6-13(10)21(19,20)18-7-8-2-1-3-9(15)4-8/h1-6,18H,7,17H2. The molecule has 0 atom stereocenters. The lowest BCUT2D eigenvalue weighted by atomic mass is 10.2. The summed E-state index contributed by atoms with van der Waals surface area (Å²) in [5.74, 6) is -1.18. The van der Waals surface area contributed by atoms with Crippen molar-refractivity contribution in [2.24, 2.45) is 0 Å². The molecule has 0 fully saturated rings. The van der Waals surface area contributed by atoms with Gasteiger partial charge in [-0.2, -0.15) is 0 Å². The van der Waals surface area contributed by atoms with Crippen LogP contribution in [0.5, 0.6) is 0 Å². The number of nitrogen functional groups attached to an aromatic ring is 1. The Balaban J connectivity index is 2.25. The molecule has 4 nitrogen and oxygen atoms in total. The first-order valence-electron chi connectivity index (χ1n) is 5.78. The maximum atomic E-state index is 13.2. The van der Waals surface area contributed by atoms with E-state index in [9.17, 15) is 17.2 Å². The van der Waals surface area contributed by atoms with E-state index in [1.807, 2.05) is 0 Å². The van der Waals surface area contributed by atoms with Gasteiger partial charge >= 0.3 is 0 Å². The number of halogens is 3. The topological polar surface area (TPSA) is 72.2 Å². The van der Waals surface area contributed by atoms with Gasteiger partial charge in [-0.3, -0.25) is 0 Å². The van der Waals surface area contributed by atoms with Gasteiger partial charge in [-0.1, -0.05) is 12.1 Å². The van der Waals surface area contributed by atoms with Crippen molar-refractivity contribution in [3.8, 4) is 0 Å². The van der Waals surface area contributed by atoms with Crippen LogP contribution in [0.25, 0.3) is 0 Å². The number of hydrogen-bond donors (Lipinski definition) is 2. The van der Waals surface area contributed by atoms with Crippen molar-refractivity contribution in [3.05, 3.63) is 58.1 Å². The summed E-state index contributed by atoms with van der Waals surface area (Å²) in [6, 6.07) is 7.54. The Morgan fingerprint density at radius 3 is 2.57 bits per heavy atom. The summed E-state index contributed by atoms with van der Waals surface area (Å²) in [6.07, 6.45) is 0. The Labute approximate surface area is 129 Å². The van der Waals surface area contributed by atoms with Gasteiger partial charge in [0.15, 0.2) is 0 Å². The lowest BCUT2D eigenvalue weighted by Gasteiger charge is -2.10. The average molecular weight is 377 g/mol. The van der Waals surface area contributed by atoms with Gasteiger partial charge in [-0.05, 0) is 45.8 Å². The average Bonchev–Trinajstić information content (AvgIpc) is 2.41. The normalized spacial score (nSPS) is 11.6. The van der Waals surface area contributed by atoms with Crippen LogP contribution >= 0.6 is 15.9 Å². The summed E-state index contributed by atoms with van der Waals surface area (Å²) in [4.78, 5) is -0.183. The number of rotatable bonds is 4. The summed E-state index contributed by atoms with van der Waals surface area (Å²) in [7, 11) is -3.91. The molecule has 2 aromatic carbocycles. The van der Waals surface area contributed by atoms with Crippen molar-refractivity contribution in [2.75, 3.05) is 5.73 Å². The Bertz CT molecular complexity index is 782. The summed E-state index contributed by atoms with van der Waals surface area (Å²) in [6.45, 7) is -0.0934. The summed E-state index contributed by atoms with van der Waals surface area (Å²) < 4.78 is 52.9. The fourth-order valence-corrected chi connectivity index (χ4v) is 3.72. The summed E-state index contributed by atoms with van der Waals surface area (Å²) >= 11 is 2.98. The highest BCUT2D eigenvalue weighted by atomic mass is 79.9. The van der Waals surface area contributed by atoms with Crippen LogP contribution in [0.2, 0.25) is 0 Å². The third-order valence-corrected chi connectivity index (χ3v) is 5.06. The molecular weight excluding hydrogens is 366 g/mol. The zero-order chi connectivity index (χ0) is 15.6. The predicted molar refractivity (Wildman–Crippen MR) is 78.9 cm³/mol. The van der Waals surface area contributed by atoms with E-state index < -0.39 is 21.7 Å². The van der Waals surface area contributed by atoms with Gasteiger partial charge in [0.25, 0.3) is 0 Å². The van der Waals surface area contributed by atoms with Crippen LogP contribution in [0, 0.1) is 11.6 Å². The second kappa shape index (κ2) is 6.08. The van der Waals surface area contributed by atoms with E-state index in [1.54, 1.807) is 6.07 Å². The summed E-state index contributed by atoms with van der Waals surface area (Å²) in [5, 5.41) is 0. The predicted octanol–water partition coefficient (Wildman–Crippen LogP) is 2.79. The second-order valence-electron chi connectivity index (χ2n) is 4.26. The maximum absolute atomic E-state index is 13.2. The lowest BCUT2D eigenvalue weighted by molar-refractivity contribution is 0.579. The molecule has 0 heterocycles. The van der Waals surface area contributed by atoms with Gasteiger partial charge in [0, 0.05) is 11.0 Å². The molecule has 0 saturated carbocycles. The molecular formula is C13H11BrF2N2O2S. The minimum Gasteiger partial charge on any atom is -0.396 e. The van der Waals surface area contributed by atoms with Crippen molar-refractivity contribution in [3.63, 3.8) is 0 Å². The van der Waals surface area contributed by atoms with Crippen LogP contribution in [-0.4, -0.2) is 8.42 Å². The Hall–Kier alpha value is -1.51. The van der Waals surface area contributed by atoms with E-state index in [0.717, 1.165) is 12.1 Å². The van der Waals surface area contributed by atoms with E-state index in [1.165, 1.54) is 18.2 Å². The molecule has 0 spiro atoms. The molecule has 0 aliphatic rings. The van der Waals surface area contributed by atoms with Crippen molar-refractivity contribution >= 4 is 31.6 Å². The molecule has 0 bridgehead atoms. The fourth-order valence-electron chi connectivity index (χ4n) is 1.65. The number of nitrogens with one attached hydrogen (secondary N) is 1. The molecule has 0 aliphatic carbocycles. The lowest BCUT2D eigenvalue weighted by Crippen LogP contribution is -2.24. The number of anilines is 1. The molecule has 8 heteroatoms. The first-order chi connectivity index (χ1) is 9.79. The molecule has 0 radical (unpaired) electrons. The zero-order valence-electron chi connectivity index (χ0n) is 10.6. The smallest absolute Gasteiger partial charge is 0.242 e. The monoisotopic (exact) mass is 376 g/mol. The molecule has 2 aromatic rings. The van der Waals surface area contributed by atoms with Gasteiger partial charge < -0.3 is 5.73 Å².